The highest BCUT2D eigenvalue weighted by Crippen LogP contribution is 2.35. The van der Waals surface area contributed by atoms with Crippen molar-refractivity contribution in [3.05, 3.63) is 28.2 Å². The molecule has 3 nitrogen and oxygen atoms in total. The van der Waals surface area contributed by atoms with Gasteiger partial charge in [-0.15, -0.1) is 0 Å². The number of methoxy groups -OCH3 is 1. The Morgan fingerprint density at radius 1 is 1.47 bits per heavy atom. The summed E-state index contributed by atoms with van der Waals surface area (Å²) in [5, 5.41) is 0. The molecule has 3 N–H and O–H groups in total. The van der Waals surface area contributed by atoms with E-state index in [1.807, 2.05) is 6.07 Å². The average molecular weight is 327 g/mol. The summed E-state index contributed by atoms with van der Waals surface area (Å²) >= 11 is 3.54. The number of ether oxygens (including phenoxy) is 1. The van der Waals surface area contributed by atoms with Gasteiger partial charge in [0.15, 0.2) is 0 Å². The van der Waals surface area contributed by atoms with Crippen LogP contribution in [0.1, 0.15) is 31.7 Å². The molecular weight excluding hydrogens is 304 g/mol. The zero-order valence-electron chi connectivity index (χ0n) is 11.7. The van der Waals surface area contributed by atoms with Gasteiger partial charge in [0.1, 0.15) is 5.75 Å². The Labute approximate surface area is 124 Å². The molecule has 1 aromatic carbocycles. The van der Waals surface area contributed by atoms with Gasteiger partial charge in [0.05, 0.1) is 11.6 Å². The van der Waals surface area contributed by atoms with Gasteiger partial charge in [-0.25, -0.2) is 0 Å². The fourth-order valence-electron chi connectivity index (χ4n) is 3.20. The summed E-state index contributed by atoms with van der Waals surface area (Å²) in [6.07, 6.45) is 4.91. The number of rotatable bonds is 5. The first-order valence-corrected chi connectivity index (χ1v) is 7.73. The molecular formula is C15H23BrN2O. The molecule has 19 heavy (non-hydrogen) atoms. The lowest BCUT2D eigenvalue weighted by Gasteiger charge is -2.26. The van der Waals surface area contributed by atoms with Crippen molar-refractivity contribution < 1.29 is 4.74 Å². The summed E-state index contributed by atoms with van der Waals surface area (Å²) in [5.74, 6) is 8.09. The van der Waals surface area contributed by atoms with Gasteiger partial charge in [0, 0.05) is 6.04 Å². The number of benzene rings is 1. The van der Waals surface area contributed by atoms with Gasteiger partial charge in [-0.3, -0.25) is 11.3 Å². The molecule has 0 radical (unpaired) electrons. The van der Waals surface area contributed by atoms with Gasteiger partial charge in [-0.1, -0.05) is 25.8 Å². The summed E-state index contributed by atoms with van der Waals surface area (Å²) in [6, 6.07) is 6.61. The fourth-order valence-corrected chi connectivity index (χ4v) is 3.78. The quantitative estimate of drug-likeness (QED) is 0.645. The molecule has 0 heterocycles. The Morgan fingerprint density at radius 2 is 2.26 bits per heavy atom. The molecule has 3 unspecified atom stereocenters. The minimum atomic E-state index is 0.359. The predicted molar refractivity (Wildman–Crippen MR) is 82.0 cm³/mol. The molecule has 0 spiro atoms. The van der Waals surface area contributed by atoms with Gasteiger partial charge in [0.2, 0.25) is 0 Å². The van der Waals surface area contributed by atoms with Crippen LogP contribution >= 0.6 is 15.9 Å². The van der Waals surface area contributed by atoms with Gasteiger partial charge < -0.3 is 4.74 Å². The third-order valence-electron chi connectivity index (χ3n) is 4.33. The topological polar surface area (TPSA) is 47.3 Å². The Morgan fingerprint density at radius 3 is 2.79 bits per heavy atom. The molecule has 0 aliphatic heterocycles. The third-order valence-corrected chi connectivity index (χ3v) is 4.95. The first kappa shape index (κ1) is 14.8. The first-order valence-electron chi connectivity index (χ1n) is 6.94. The number of halogens is 1. The molecule has 1 aliphatic rings. The number of nitrogens with two attached hydrogens (primary N) is 1. The van der Waals surface area contributed by atoms with Crippen molar-refractivity contribution in [2.45, 2.75) is 38.6 Å². The van der Waals surface area contributed by atoms with E-state index in [0.717, 1.165) is 22.6 Å². The van der Waals surface area contributed by atoms with Crippen LogP contribution in [0, 0.1) is 11.8 Å². The molecule has 1 fully saturated rings. The molecule has 4 heteroatoms. The highest BCUT2D eigenvalue weighted by molar-refractivity contribution is 9.10. The van der Waals surface area contributed by atoms with E-state index in [1.165, 1.54) is 24.8 Å². The summed E-state index contributed by atoms with van der Waals surface area (Å²) in [5.41, 5.74) is 4.31. The Hall–Kier alpha value is -0.580. The minimum Gasteiger partial charge on any atom is -0.496 e. The van der Waals surface area contributed by atoms with Crippen LogP contribution in [-0.2, 0) is 6.42 Å². The van der Waals surface area contributed by atoms with E-state index in [4.69, 9.17) is 10.6 Å². The second-order valence-electron chi connectivity index (χ2n) is 5.52. The summed E-state index contributed by atoms with van der Waals surface area (Å²) in [6.45, 7) is 2.34. The number of hydrazine groups is 1. The largest absolute Gasteiger partial charge is 0.496 e. The van der Waals surface area contributed by atoms with Gasteiger partial charge in [0.25, 0.3) is 0 Å². The van der Waals surface area contributed by atoms with Crippen LogP contribution in [0.15, 0.2) is 22.7 Å². The molecule has 1 aliphatic carbocycles. The normalized spacial score (nSPS) is 24.4. The zero-order valence-corrected chi connectivity index (χ0v) is 13.2. The van der Waals surface area contributed by atoms with Crippen molar-refractivity contribution in [3.63, 3.8) is 0 Å². The summed E-state index contributed by atoms with van der Waals surface area (Å²) in [4.78, 5) is 0. The van der Waals surface area contributed by atoms with Crippen LogP contribution in [0.3, 0.4) is 0 Å². The second-order valence-corrected chi connectivity index (χ2v) is 6.37. The second kappa shape index (κ2) is 6.73. The standard InChI is InChI=1S/C15H23BrN2O/c1-10-4-3-5-12(10)14(18-17)9-11-6-7-15(19-2)13(16)8-11/h6-8,10,12,14,18H,3-5,9,17H2,1-2H3. The van der Waals surface area contributed by atoms with Crippen LogP contribution in [0.2, 0.25) is 0 Å². The van der Waals surface area contributed by atoms with E-state index in [1.54, 1.807) is 7.11 Å². The number of hydrogen-bond donors (Lipinski definition) is 2. The van der Waals surface area contributed by atoms with Crippen molar-refractivity contribution in [2.24, 2.45) is 17.7 Å². The van der Waals surface area contributed by atoms with Crippen LogP contribution < -0.4 is 16.0 Å². The summed E-state index contributed by atoms with van der Waals surface area (Å²) < 4.78 is 6.26. The Kier molecular flexibility index (Phi) is 5.25. The van der Waals surface area contributed by atoms with Gasteiger partial charge >= 0.3 is 0 Å². The highest BCUT2D eigenvalue weighted by Gasteiger charge is 2.30. The first-order chi connectivity index (χ1) is 9.15. The smallest absolute Gasteiger partial charge is 0.133 e. The maximum absolute atomic E-state index is 5.77. The molecule has 1 aromatic rings. The van der Waals surface area contributed by atoms with Crippen molar-refractivity contribution in [1.29, 1.82) is 0 Å². The van der Waals surface area contributed by atoms with Crippen molar-refractivity contribution in [3.8, 4) is 5.75 Å². The fraction of sp³-hybridized carbons (Fsp3) is 0.600. The third kappa shape index (κ3) is 3.50. The average Bonchev–Trinajstić information content (AvgIpc) is 2.82. The monoisotopic (exact) mass is 326 g/mol. The minimum absolute atomic E-state index is 0.359. The van der Waals surface area contributed by atoms with E-state index in [-0.39, 0.29) is 0 Å². The van der Waals surface area contributed by atoms with E-state index in [0.29, 0.717) is 12.0 Å². The lowest BCUT2D eigenvalue weighted by Crippen LogP contribution is -2.43. The number of hydrogen-bond acceptors (Lipinski definition) is 3. The predicted octanol–water partition coefficient (Wildman–Crippen LogP) is 3.27. The maximum Gasteiger partial charge on any atom is 0.133 e. The van der Waals surface area contributed by atoms with Crippen LogP contribution in [0.4, 0.5) is 0 Å². The SMILES string of the molecule is COc1ccc(CC(NN)C2CCCC2C)cc1Br. The maximum atomic E-state index is 5.77. The van der Waals surface area contributed by atoms with Crippen molar-refractivity contribution in [2.75, 3.05) is 7.11 Å². The van der Waals surface area contributed by atoms with Crippen molar-refractivity contribution in [1.82, 2.24) is 5.43 Å². The van der Waals surface area contributed by atoms with E-state index >= 15 is 0 Å². The highest BCUT2D eigenvalue weighted by atomic mass is 79.9. The van der Waals surface area contributed by atoms with Crippen LogP contribution in [-0.4, -0.2) is 13.2 Å². The van der Waals surface area contributed by atoms with E-state index < -0.39 is 0 Å². The van der Waals surface area contributed by atoms with Crippen LogP contribution in [0.25, 0.3) is 0 Å². The van der Waals surface area contributed by atoms with Crippen molar-refractivity contribution >= 4 is 15.9 Å². The van der Waals surface area contributed by atoms with E-state index in [2.05, 4.69) is 40.4 Å². The van der Waals surface area contributed by atoms with Gasteiger partial charge in [-0.2, -0.15) is 0 Å². The molecule has 0 aromatic heterocycles. The Bertz CT molecular complexity index is 425. The molecule has 0 amide bonds. The molecule has 106 valence electrons. The molecule has 2 rings (SSSR count). The number of nitrogens with one attached hydrogen (secondary N) is 1. The zero-order chi connectivity index (χ0) is 13.8. The van der Waals surface area contributed by atoms with Crippen LogP contribution in [0.5, 0.6) is 5.75 Å². The summed E-state index contributed by atoms with van der Waals surface area (Å²) in [7, 11) is 1.68. The lowest BCUT2D eigenvalue weighted by atomic mass is 9.87. The molecule has 3 atom stereocenters. The molecule has 0 bridgehead atoms. The molecule has 1 saturated carbocycles. The lowest BCUT2D eigenvalue weighted by molar-refractivity contribution is 0.297. The van der Waals surface area contributed by atoms with E-state index in [9.17, 15) is 0 Å². The Balaban J connectivity index is 2.07. The molecule has 0 saturated heterocycles. The van der Waals surface area contributed by atoms with Gasteiger partial charge in [-0.05, 0) is 58.3 Å².